The molecule has 8 heteroatoms. The highest BCUT2D eigenvalue weighted by atomic mass is 16.7. The monoisotopic (exact) mass is 390 g/mol. The lowest BCUT2D eigenvalue weighted by Gasteiger charge is -2.30. The maximum absolute atomic E-state index is 12.3. The first-order valence-electron chi connectivity index (χ1n) is 9.61. The third kappa shape index (κ3) is 4.94. The molecule has 28 heavy (non-hydrogen) atoms. The molecule has 2 amide bonds. The van der Waals surface area contributed by atoms with Gasteiger partial charge in [-0.2, -0.15) is 0 Å². The Hall–Kier alpha value is -2.77. The van der Waals surface area contributed by atoms with E-state index in [1.165, 1.54) is 13.3 Å². The molecule has 1 aliphatic carbocycles. The number of hydrogen-bond donors (Lipinski definition) is 2. The fraction of sp³-hybridized carbons (Fsp3) is 0.550. The van der Waals surface area contributed by atoms with Crippen LogP contribution in [0.5, 0.6) is 11.5 Å². The largest absolute Gasteiger partial charge is 0.454 e. The van der Waals surface area contributed by atoms with Gasteiger partial charge in [-0.1, -0.05) is 19.8 Å². The van der Waals surface area contributed by atoms with Crippen molar-refractivity contribution >= 4 is 17.8 Å². The van der Waals surface area contributed by atoms with E-state index >= 15 is 0 Å². The van der Waals surface area contributed by atoms with Crippen molar-refractivity contribution in [1.82, 2.24) is 10.6 Å². The van der Waals surface area contributed by atoms with E-state index in [1.807, 2.05) is 0 Å². The Morgan fingerprint density at radius 2 is 1.93 bits per heavy atom. The fourth-order valence-electron chi connectivity index (χ4n) is 3.42. The molecule has 0 unspecified atom stereocenters. The number of esters is 1. The molecule has 2 aliphatic rings. The Labute approximate surface area is 163 Å². The van der Waals surface area contributed by atoms with E-state index in [4.69, 9.17) is 14.2 Å². The number of amides is 2. The maximum Gasteiger partial charge on any atom is 0.326 e. The van der Waals surface area contributed by atoms with Crippen molar-refractivity contribution in [2.75, 3.05) is 13.3 Å². The highest BCUT2D eigenvalue weighted by Gasteiger charge is 2.26. The normalized spacial score (nSPS) is 21.5. The fourth-order valence-corrected chi connectivity index (χ4v) is 3.42. The maximum atomic E-state index is 12.3. The van der Waals surface area contributed by atoms with Crippen LogP contribution < -0.4 is 20.1 Å². The molecule has 1 aromatic rings. The van der Waals surface area contributed by atoms with Gasteiger partial charge in [0.2, 0.25) is 6.79 Å². The van der Waals surface area contributed by atoms with Crippen molar-refractivity contribution in [1.29, 1.82) is 0 Å². The molecular formula is C20H26N2O6. The molecule has 2 N–H and O–H groups in total. The summed E-state index contributed by atoms with van der Waals surface area (Å²) in [6.45, 7) is 3.43. The molecule has 0 saturated heterocycles. The molecule has 1 fully saturated rings. The molecule has 1 heterocycles. The molecule has 0 spiro atoms. The van der Waals surface area contributed by atoms with E-state index in [0.29, 0.717) is 23.0 Å². The van der Waals surface area contributed by atoms with E-state index in [0.717, 1.165) is 19.3 Å². The third-order valence-corrected chi connectivity index (χ3v) is 5.14. The average Bonchev–Trinajstić information content (AvgIpc) is 3.15. The molecule has 152 valence electrons. The number of rotatable bonds is 6. The van der Waals surface area contributed by atoms with Gasteiger partial charge in [0, 0.05) is 11.6 Å². The summed E-state index contributed by atoms with van der Waals surface area (Å²) in [5.74, 6) is 0.0492. The summed E-state index contributed by atoms with van der Waals surface area (Å²) >= 11 is 0. The number of benzene rings is 1. The van der Waals surface area contributed by atoms with Crippen LogP contribution in [0.15, 0.2) is 18.2 Å². The molecule has 1 aromatic carbocycles. The summed E-state index contributed by atoms with van der Waals surface area (Å²) in [5, 5.41) is 5.44. The number of carbonyl (C=O) groups excluding carboxylic acids is 3. The van der Waals surface area contributed by atoms with Crippen LogP contribution >= 0.6 is 0 Å². The topological polar surface area (TPSA) is 103 Å². The molecule has 1 saturated carbocycles. The van der Waals surface area contributed by atoms with Crippen molar-refractivity contribution < 1.29 is 28.6 Å². The molecule has 3 rings (SSSR count). The van der Waals surface area contributed by atoms with E-state index in [2.05, 4.69) is 17.6 Å². The molecule has 8 nitrogen and oxygen atoms in total. The van der Waals surface area contributed by atoms with Crippen LogP contribution in [-0.4, -0.2) is 43.3 Å². The van der Waals surface area contributed by atoms with Crippen molar-refractivity contribution in [3.8, 4) is 11.5 Å². The van der Waals surface area contributed by atoms with E-state index in [9.17, 15) is 14.4 Å². The van der Waals surface area contributed by atoms with E-state index in [-0.39, 0.29) is 25.3 Å². The van der Waals surface area contributed by atoms with Crippen LogP contribution in [0.3, 0.4) is 0 Å². The van der Waals surface area contributed by atoms with E-state index < -0.39 is 18.0 Å². The standard InChI is InChI=1S/C20H26N2O6/c1-12-5-3-4-6-15(12)22-19(24)13(2)28-18(23)10-21-20(25)14-7-8-16-17(9-14)27-11-26-16/h7-9,12-13,15H,3-6,10-11H2,1-2H3,(H,21,25)(H,22,24)/t12-,13+,15-/m0/s1. The smallest absolute Gasteiger partial charge is 0.326 e. The van der Waals surface area contributed by atoms with Gasteiger partial charge in [0.05, 0.1) is 0 Å². The second kappa shape index (κ2) is 8.95. The molecule has 0 aromatic heterocycles. The SMILES string of the molecule is C[C@@H](OC(=O)CNC(=O)c1ccc2c(c1)OCO2)C(=O)N[C@H]1CCCC[C@@H]1C. The van der Waals surface area contributed by atoms with Gasteiger partial charge in [0.25, 0.3) is 11.8 Å². The first kappa shape index (κ1) is 20.0. The number of ether oxygens (including phenoxy) is 3. The van der Waals surface area contributed by atoms with Crippen molar-refractivity contribution in [2.45, 2.75) is 51.7 Å². The summed E-state index contributed by atoms with van der Waals surface area (Å²) in [4.78, 5) is 36.4. The zero-order valence-corrected chi connectivity index (χ0v) is 16.2. The predicted octanol–water partition coefficient (Wildman–Crippen LogP) is 1.77. The van der Waals surface area contributed by atoms with Gasteiger partial charge in [0.15, 0.2) is 17.6 Å². The first-order chi connectivity index (χ1) is 13.4. The van der Waals surface area contributed by atoms with Crippen LogP contribution in [0.2, 0.25) is 0 Å². The second-order valence-corrected chi connectivity index (χ2v) is 7.26. The van der Waals surface area contributed by atoms with Crippen LogP contribution in [0.1, 0.15) is 49.9 Å². The molecular weight excluding hydrogens is 364 g/mol. The number of hydrogen-bond acceptors (Lipinski definition) is 6. The Kier molecular flexibility index (Phi) is 6.38. The number of nitrogens with one attached hydrogen (secondary N) is 2. The van der Waals surface area contributed by atoms with Crippen molar-refractivity contribution in [2.24, 2.45) is 5.92 Å². The number of carbonyl (C=O) groups is 3. The van der Waals surface area contributed by atoms with Gasteiger partial charge in [-0.25, -0.2) is 0 Å². The van der Waals surface area contributed by atoms with Crippen molar-refractivity contribution in [3.05, 3.63) is 23.8 Å². The van der Waals surface area contributed by atoms with Crippen LogP contribution in [0.4, 0.5) is 0 Å². The summed E-state index contributed by atoms with van der Waals surface area (Å²) < 4.78 is 15.6. The van der Waals surface area contributed by atoms with E-state index in [1.54, 1.807) is 18.2 Å². The lowest BCUT2D eigenvalue weighted by atomic mass is 9.86. The Morgan fingerprint density at radius 3 is 2.71 bits per heavy atom. The highest BCUT2D eigenvalue weighted by molar-refractivity contribution is 5.96. The van der Waals surface area contributed by atoms with Gasteiger partial charge in [-0.05, 0) is 43.9 Å². The first-order valence-corrected chi connectivity index (χ1v) is 9.61. The minimum atomic E-state index is -0.913. The lowest BCUT2D eigenvalue weighted by molar-refractivity contribution is -0.154. The second-order valence-electron chi connectivity index (χ2n) is 7.26. The molecule has 3 atom stereocenters. The van der Waals surface area contributed by atoms with Gasteiger partial charge >= 0.3 is 5.97 Å². The minimum Gasteiger partial charge on any atom is -0.454 e. The van der Waals surface area contributed by atoms with Crippen molar-refractivity contribution in [3.63, 3.8) is 0 Å². The molecule has 0 radical (unpaired) electrons. The Balaban J connectivity index is 1.43. The minimum absolute atomic E-state index is 0.117. The predicted molar refractivity (Wildman–Crippen MR) is 100 cm³/mol. The van der Waals surface area contributed by atoms with Gasteiger partial charge in [0.1, 0.15) is 6.54 Å². The Bertz CT molecular complexity index is 750. The Morgan fingerprint density at radius 1 is 1.18 bits per heavy atom. The highest BCUT2D eigenvalue weighted by Crippen LogP contribution is 2.32. The average molecular weight is 390 g/mol. The summed E-state index contributed by atoms with van der Waals surface area (Å²) in [6.07, 6.45) is 3.39. The zero-order chi connectivity index (χ0) is 20.1. The molecule has 1 aliphatic heterocycles. The van der Waals surface area contributed by atoms with Crippen LogP contribution in [0.25, 0.3) is 0 Å². The number of fused-ring (bicyclic) bond motifs is 1. The van der Waals surface area contributed by atoms with Gasteiger partial charge in [-0.15, -0.1) is 0 Å². The third-order valence-electron chi connectivity index (χ3n) is 5.14. The van der Waals surface area contributed by atoms with Crippen LogP contribution in [-0.2, 0) is 14.3 Å². The molecule has 0 bridgehead atoms. The zero-order valence-electron chi connectivity index (χ0n) is 16.2. The summed E-state index contributed by atoms with van der Waals surface area (Å²) in [5.41, 5.74) is 0.342. The van der Waals surface area contributed by atoms with Crippen LogP contribution in [0, 0.1) is 5.92 Å². The summed E-state index contributed by atoms with van der Waals surface area (Å²) in [6, 6.07) is 4.88. The summed E-state index contributed by atoms with van der Waals surface area (Å²) in [7, 11) is 0. The van der Waals surface area contributed by atoms with Gasteiger partial charge in [-0.3, -0.25) is 14.4 Å². The quantitative estimate of drug-likeness (QED) is 0.718. The van der Waals surface area contributed by atoms with Gasteiger partial charge < -0.3 is 24.8 Å². The lowest BCUT2D eigenvalue weighted by Crippen LogP contribution is -2.46.